The van der Waals surface area contributed by atoms with Crippen LogP contribution in [-0.4, -0.2) is 26.9 Å². The van der Waals surface area contributed by atoms with Gasteiger partial charge in [-0.1, -0.05) is 12.1 Å². The molecule has 1 atom stereocenters. The zero-order chi connectivity index (χ0) is 17.6. The van der Waals surface area contributed by atoms with Gasteiger partial charge in [0.05, 0.1) is 19.3 Å². The molecule has 0 aliphatic heterocycles. The molecule has 1 aromatic carbocycles. The first-order valence-electron chi connectivity index (χ1n) is 7.82. The highest BCUT2D eigenvalue weighted by Crippen LogP contribution is 2.31. The molecule has 4 rings (SSSR count). The van der Waals surface area contributed by atoms with Crippen LogP contribution in [0.5, 0.6) is 5.75 Å². The molecule has 8 nitrogen and oxygen atoms in total. The number of ether oxygens (including phenoxy) is 1. The summed E-state index contributed by atoms with van der Waals surface area (Å²) in [4.78, 5) is 19.3. The second-order valence-electron chi connectivity index (χ2n) is 5.81. The van der Waals surface area contributed by atoms with Gasteiger partial charge in [-0.25, -0.2) is 0 Å². The Kier molecular flexibility index (Phi) is 3.45. The number of nitrogens with one attached hydrogen (secondary N) is 2. The van der Waals surface area contributed by atoms with Crippen LogP contribution >= 0.6 is 0 Å². The number of furan rings is 1. The minimum atomic E-state index is -0.237. The van der Waals surface area contributed by atoms with Crippen LogP contribution in [0.1, 0.15) is 18.7 Å². The van der Waals surface area contributed by atoms with Crippen molar-refractivity contribution < 1.29 is 9.15 Å². The van der Waals surface area contributed by atoms with Gasteiger partial charge in [0.15, 0.2) is 17.0 Å². The molecule has 0 radical (unpaired) electrons. The Balaban J connectivity index is 1.69. The van der Waals surface area contributed by atoms with E-state index in [1.165, 1.54) is 6.20 Å². The first-order valence-corrected chi connectivity index (χ1v) is 7.82. The number of H-pyrrole nitrogens is 1. The van der Waals surface area contributed by atoms with Gasteiger partial charge in [-0.2, -0.15) is 10.1 Å². The highest BCUT2D eigenvalue weighted by molar-refractivity contribution is 5.84. The molecule has 0 unspecified atom stereocenters. The molecule has 0 aliphatic rings. The summed E-state index contributed by atoms with van der Waals surface area (Å²) in [5.41, 5.74) is 0.973. The standard InChI is InChI=1S/C17H17N5O3/c1-9(13-7-10-5-4-6-12(24-3)14(10)25-13)19-17-20-15-11(16(23)21-17)8-18-22(15)2/h4-9H,1-3H3,(H2,19,20,21,23)/t9-/m0/s1. The van der Waals surface area contributed by atoms with E-state index in [1.807, 2.05) is 31.2 Å². The normalized spacial score (nSPS) is 12.6. The number of aryl methyl sites for hydroxylation is 1. The number of hydrogen-bond acceptors (Lipinski definition) is 6. The fourth-order valence-electron chi connectivity index (χ4n) is 2.81. The van der Waals surface area contributed by atoms with Crippen molar-refractivity contribution in [1.82, 2.24) is 19.7 Å². The summed E-state index contributed by atoms with van der Waals surface area (Å²) in [6.45, 7) is 1.93. The van der Waals surface area contributed by atoms with Crippen molar-refractivity contribution in [2.24, 2.45) is 7.05 Å². The first kappa shape index (κ1) is 15.3. The van der Waals surface area contributed by atoms with E-state index in [1.54, 1.807) is 18.8 Å². The second kappa shape index (κ2) is 5.66. The minimum absolute atomic E-state index is 0.203. The lowest BCUT2D eigenvalue weighted by Crippen LogP contribution is -2.15. The number of rotatable bonds is 4. The predicted molar refractivity (Wildman–Crippen MR) is 93.9 cm³/mol. The van der Waals surface area contributed by atoms with E-state index in [-0.39, 0.29) is 11.6 Å². The fraction of sp³-hybridized carbons (Fsp3) is 0.235. The Morgan fingerprint density at radius 1 is 1.40 bits per heavy atom. The predicted octanol–water partition coefficient (Wildman–Crippen LogP) is 2.58. The Bertz CT molecular complexity index is 1120. The highest BCUT2D eigenvalue weighted by atomic mass is 16.5. The third-order valence-electron chi connectivity index (χ3n) is 4.13. The molecule has 0 aliphatic carbocycles. The van der Waals surface area contributed by atoms with E-state index < -0.39 is 0 Å². The minimum Gasteiger partial charge on any atom is -0.493 e. The van der Waals surface area contributed by atoms with Crippen molar-refractivity contribution in [3.63, 3.8) is 0 Å². The zero-order valence-corrected chi connectivity index (χ0v) is 14.0. The maximum Gasteiger partial charge on any atom is 0.263 e. The van der Waals surface area contributed by atoms with Crippen molar-refractivity contribution in [3.05, 3.63) is 46.6 Å². The number of aromatic amines is 1. The van der Waals surface area contributed by atoms with Crippen molar-refractivity contribution >= 4 is 28.0 Å². The Hall–Kier alpha value is -3.29. The first-order chi connectivity index (χ1) is 12.1. The van der Waals surface area contributed by atoms with Crippen LogP contribution in [0.15, 0.2) is 39.7 Å². The lowest BCUT2D eigenvalue weighted by Gasteiger charge is -2.11. The number of anilines is 1. The summed E-state index contributed by atoms with van der Waals surface area (Å²) < 4.78 is 12.8. The van der Waals surface area contributed by atoms with Gasteiger partial charge in [0.1, 0.15) is 11.1 Å². The van der Waals surface area contributed by atoms with Crippen molar-refractivity contribution in [2.45, 2.75) is 13.0 Å². The van der Waals surface area contributed by atoms with Crippen molar-refractivity contribution in [2.75, 3.05) is 12.4 Å². The topological polar surface area (TPSA) is 98.0 Å². The maximum absolute atomic E-state index is 12.1. The van der Waals surface area contributed by atoms with Crippen LogP contribution in [0.25, 0.3) is 22.0 Å². The van der Waals surface area contributed by atoms with Crippen molar-refractivity contribution in [1.29, 1.82) is 0 Å². The Morgan fingerprint density at radius 2 is 2.24 bits per heavy atom. The number of aromatic nitrogens is 4. The van der Waals surface area contributed by atoms with Crippen LogP contribution in [0, 0.1) is 0 Å². The van der Waals surface area contributed by atoms with Gasteiger partial charge < -0.3 is 14.5 Å². The molecular weight excluding hydrogens is 322 g/mol. The third-order valence-corrected chi connectivity index (χ3v) is 4.13. The van der Waals surface area contributed by atoms with E-state index >= 15 is 0 Å². The van der Waals surface area contributed by atoms with E-state index in [4.69, 9.17) is 9.15 Å². The van der Waals surface area contributed by atoms with E-state index in [9.17, 15) is 4.79 Å². The lowest BCUT2D eigenvalue weighted by atomic mass is 10.2. The van der Waals surface area contributed by atoms with Gasteiger partial charge in [-0.15, -0.1) is 0 Å². The Morgan fingerprint density at radius 3 is 3.04 bits per heavy atom. The molecule has 3 heterocycles. The SMILES string of the molecule is COc1cccc2cc([C@H](C)Nc3nc4c(cnn4C)c(=O)[nH]3)oc12. The molecular formula is C17H17N5O3. The monoisotopic (exact) mass is 339 g/mol. The molecule has 0 saturated carbocycles. The molecule has 4 aromatic rings. The quantitative estimate of drug-likeness (QED) is 0.593. The summed E-state index contributed by atoms with van der Waals surface area (Å²) in [6.07, 6.45) is 1.50. The average Bonchev–Trinajstić information content (AvgIpc) is 3.19. The zero-order valence-electron chi connectivity index (χ0n) is 14.0. The summed E-state index contributed by atoms with van der Waals surface area (Å²) in [5, 5.41) is 8.62. The molecule has 0 spiro atoms. The van der Waals surface area contributed by atoms with Gasteiger partial charge in [0, 0.05) is 12.4 Å². The summed E-state index contributed by atoms with van der Waals surface area (Å²) >= 11 is 0. The second-order valence-corrected chi connectivity index (χ2v) is 5.81. The average molecular weight is 339 g/mol. The molecule has 8 heteroatoms. The van der Waals surface area contributed by atoms with Gasteiger partial charge in [0.25, 0.3) is 5.56 Å². The van der Waals surface area contributed by atoms with Crippen LogP contribution < -0.4 is 15.6 Å². The number of para-hydroxylation sites is 1. The molecule has 0 amide bonds. The number of nitrogens with zero attached hydrogens (tertiary/aromatic N) is 3. The molecule has 128 valence electrons. The molecule has 3 aromatic heterocycles. The van der Waals surface area contributed by atoms with Crippen LogP contribution in [0.2, 0.25) is 0 Å². The maximum atomic E-state index is 12.1. The summed E-state index contributed by atoms with van der Waals surface area (Å²) in [6, 6.07) is 7.46. The third kappa shape index (κ3) is 2.51. The van der Waals surface area contributed by atoms with Gasteiger partial charge in [0.2, 0.25) is 5.95 Å². The molecule has 25 heavy (non-hydrogen) atoms. The number of hydrogen-bond donors (Lipinski definition) is 2. The van der Waals surface area contributed by atoms with Crippen LogP contribution in [0.4, 0.5) is 5.95 Å². The summed E-state index contributed by atoms with van der Waals surface area (Å²) in [7, 11) is 3.35. The van der Waals surface area contributed by atoms with Crippen LogP contribution in [0.3, 0.4) is 0 Å². The molecule has 0 bridgehead atoms. The molecule has 0 fully saturated rings. The van der Waals surface area contributed by atoms with E-state index in [0.717, 1.165) is 5.39 Å². The van der Waals surface area contributed by atoms with Gasteiger partial charge in [-0.05, 0) is 19.1 Å². The van der Waals surface area contributed by atoms with Gasteiger partial charge in [-0.3, -0.25) is 14.5 Å². The number of benzene rings is 1. The number of fused-ring (bicyclic) bond motifs is 2. The highest BCUT2D eigenvalue weighted by Gasteiger charge is 2.16. The van der Waals surface area contributed by atoms with E-state index in [2.05, 4.69) is 20.4 Å². The van der Waals surface area contributed by atoms with Crippen LogP contribution in [-0.2, 0) is 7.05 Å². The lowest BCUT2D eigenvalue weighted by molar-refractivity contribution is 0.406. The fourth-order valence-corrected chi connectivity index (χ4v) is 2.81. The number of methoxy groups -OCH3 is 1. The smallest absolute Gasteiger partial charge is 0.263 e. The van der Waals surface area contributed by atoms with E-state index in [0.29, 0.717) is 34.1 Å². The van der Waals surface area contributed by atoms with Gasteiger partial charge >= 0.3 is 0 Å². The Labute approximate surface area is 142 Å². The molecule has 2 N–H and O–H groups in total. The largest absolute Gasteiger partial charge is 0.493 e. The summed E-state index contributed by atoms with van der Waals surface area (Å²) in [5.74, 6) is 1.76. The van der Waals surface area contributed by atoms with Crippen molar-refractivity contribution in [3.8, 4) is 5.75 Å². The molecule has 0 saturated heterocycles.